The lowest BCUT2D eigenvalue weighted by Crippen LogP contribution is -2.61. The van der Waals surface area contributed by atoms with E-state index in [0.717, 1.165) is 31.2 Å². The lowest BCUT2D eigenvalue weighted by atomic mass is 9.52. The summed E-state index contributed by atoms with van der Waals surface area (Å²) in [6.07, 6.45) is 8.48. The van der Waals surface area contributed by atoms with Gasteiger partial charge in [0.2, 0.25) is 0 Å². The van der Waals surface area contributed by atoms with E-state index in [-0.39, 0.29) is 0 Å². The lowest BCUT2D eigenvalue weighted by Gasteiger charge is -2.59. The zero-order valence-electron chi connectivity index (χ0n) is 14.7. The van der Waals surface area contributed by atoms with E-state index >= 15 is 0 Å². The van der Waals surface area contributed by atoms with Crippen LogP contribution in [0, 0.1) is 11.3 Å². The number of rotatable bonds is 4. The highest BCUT2D eigenvalue weighted by Gasteiger charge is 2.53. The molecule has 1 aliphatic heterocycles. The molecule has 3 N–H and O–H groups in total. The molecule has 2 aliphatic carbocycles. The van der Waals surface area contributed by atoms with Crippen molar-refractivity contribution >= 4 is 5.84 Å². The van der Waals surface area contributed by atoms with Crippen LogP contribution in [-0.2, 0) is 11.8 Å². The second-order valence-corrected chi connectivity index (χ2v) is 7.86. The molecular weight excluding hydrogens is 298 g/mol. The van der Waals surface area contributed by atoms with E-state index in [4.69, 9.17) is 15.9 Å². The van der Waals surface area contributed by atoms with E-state index in [1.165, 1.54) is 37.7 Å². The molecule has 0 amide bonds. The molecule has 0 radical (unpaired) electrons. The highest BCUT2D eigenvalue weighted by atomic mass is 16.5. The minimum Gasteiger partial charge on any atom is -0.497 e. The fourth-order valence-corrected chi connectivity index (χ4v) is 5.73. The third kappa shape index (κ3) is 2.43. The summed E-state index contributed by atoms with van der Waals surface area (Å²) in [4.78, 5) is 2.63. The predicted octanol–water partition coefficient (Wildman–Crippen LogP) is 3.08. The van der Waals surface area contributed by atoms with Crippen LogP contribution in [0.4, 0.5) is 0 Å². The van der Waals surface area contributed by atoms with Crippen molar-refractivity contribution in [2.24, 2.45) is 11.7 Å². The first-order chi connectivity index (χ1) is 11.6. The number of hydrogen-bond donors (Lipinski definition) is 2. The van der Waals surface area contributed by atoms with Crippen molar-refractivity contribution < 1.29 is 4.74 Å². The Labute approximate surface area is 144 Å². The number of amidine groups is 1. The molecular formula is C20H29N3O. The standard InChI is InChI=1S/C20H29N3O/c1-24-15-6-5-14-12-18-16-4-2-3-8-20(16,17(14)13-15)9-11-23(18)10-7-19(21)22/h5-6,13,16,18H,2-4,7-12H2,1H3,(H3,21,22)/t16-,18+,20+/m0/s1. The normalized spacial score (nSPS) is 31.9. The van der Waals surface area contributed by atoms with Crippen molar-refractivity contribution in [2.45, 2.75) is 56.4 Å². The molecule has 4 rings (SSSR count). The van der Waals surface area contributed by atoms with Crippen molar-refractivity contribution in [1.29, 1.82) is 5.41 Å². The fourth-order valence-electron chi connectivity index (χ4n) is 5.73. The summed E-state index contributed by atoms with van der Waals surface area (Å²) in [5, 5.41) is 7.57. The highest BCUT2D eigenvalue weighted by Crippen LogP contribution is 2.56. The Hall–Kier alpha value is -1.55. The van der Waals surface area contributed by atoms with Crippen molar-refractivity contribution in [3.05, 3.63) is 29.3 Å². The van der Waals surface area contributed by atoms with E-state index in [2.05, 4.69) is 23.1 Å². The van der Waals surface area contributed by atoms with Gasteiger partial charge in [0, 0.05) is 24.4 Å². The first kappa shape index (κ1) is 15.9. The number of ether oxygens (including phenoxy) is 1. The molecule has 1 saturated carbocycles. The van der Waals surface area contributed by atoms with Crippen molar-refractivity contribution in [3.8, 4) is 5.75 Å². The second-order valence-electron chi connectivity index (χ2n) is 7.86. The zero-order valence-corrected chi connectivity index (χ0v) is 14.7. The summed E-state index contributed by atoms with van der Waals surface area (Å²) in [5.41, 5.74) is 9.08. The number of nitrogens with two attached hydrogens (primary N) is 1. The number of piperidine rings is 1. The molecule has 3 aliphatic rings. The van der Waals surface area contributed by atoms with Gasteiger partial charge in [0.15, 0.2) is 0 Å². The highest BCUT2D eigenvalue weighted by molar-refractivity contribution is 5.76. The third-order valence-corrected chi connectivity index (χ3v) is 6.83. The van der Waals surface area contributed by atoms with Gasteiger partial charge in [-0.1, -0.05) is 18.9 Å². The van der Waals surface area contributed by atoms with E-state index in [9.17, 15) is 0 Å². The van der Waals surface area contributed by atoms with Gasteiger partial charge in [0.1, 0.15) is 5.75 Å². The molecule has 0 spiro atoms. The zero-order chi connectivity index (χ0) is 16.7. The maximum atomic E-state index is 7.57. The van der Waals surface area contributed by atoms with Crippen molar-refractivity contribution in [2.75, 3.05) is 20.2 Å². The smallest absolute Gasteiger partial charge is 0.119 e. The monoisotopic (exact) mass is 327 g/mol. The Balaban J connectivity index is 1.72. The lowest BCUT2D eigenvalue weighted by molar-refractivity contribution is -0.00988. The van der Waals surface area contributed by atoms with Crippen LogP contribution in [0.3, 0.4) is 0 Å². The Morgan fingerprint density at radius 1 is 1.38 bits per heavy atom. The Morgan fingerprint density at radius 3 is 3.04 bits per heavy atom. The molecule has 1 aromatic carbocycles. The molecule has 4 nitrogen and oxygen atoms in total. The Bertz CT molecular complexity index is 644. The molecule has 1 saturated heterocycles. The average Bonchev–Trinajstić information content (AvgIpc) is 2.60. The number of likely N-dealkylation sites (tertiary alicyclic amines) is 1. The predicted molar refractivity (Wildman–Crippen MR) is 96.8 cm³/mol. The van der Waals surface area contributed by atoms with Gasteiger partial charge in [-0.3, -0.25) is 10.3 Å². The number of methoxy groups -OCH3 is 1. The van der Waals surface area contributed by atoms with E-state index in [0.29, 0.717) is 23.7 Å². The number of benzene rings is 1. The van der Waals surface area contributed by atoms with Crippen LogP contribution in [0.1, 0.15) is 49.7 Å². The molecule has 4 heteroatoms. The molecule has 1 aromatic rings. The van der Waals surface area contributed by atoms with Gasteiger partial charge in [0.25, 0.3) is 0 Å². The molecule has 0 aromatic heterocycles. The van der Waals surface area contributed by atoms with Gasteiger partial charge in [-0.15, -0.1) is 0 Å². The molecule has 24 heavy (non-hydrogen) atoms. The fraction of sp³-hybridized carbons (Fsp3) is 0.650. The van der Waals surface area contributed by atoms with Crippen LogP contribution in [0.2, 0.25) is 0 Å². The van der Waals surface area contributed by atoms with Crippen LogP contribution in [0.15, 0.2) is 18.2 Å². The van der Waals surface area contributed by atoms with Crippen molar-refractivity contribution in [1.82, 2.24) is 4.90 Å². The van der Waals surface area contributed by atoms with Gasteiger partial charge >= 0.3 is 0 Å². The maximum absolute atomic E-state index is 7.57. The van der Waals surface area contributed by atoms with E-state index in [1.54, 1.807) is 12.7 Å². The summed E-state index contributed by atoms with van der Waals surface area (Å²) in [6.45, 7) is 2.09. The minimum atomic E-state index is 0.316. The first-order valence-corrected chi connectivity index (χ1v) is 9.38. The summed E-state index contributed by atoms with van der Waals surface area (Å²) < 4.78 is 5.53. The third-order valence-electron chi connectivity index (χ3n) is 6.83. The van der Waals surface area contributed by atoms with Crippen molar-refractivity contribution in [3.63, 3.8) is 0 Å². The molecule has 1 heterocycles. The largest absolute Gasteiger partial charge is 0.497 e. The van der Waals surface area contributed by atoms with Gasteiger partial charge in [-0.2, -0.15) is 0 Å². The first-order valence-electron chi connectivity index (χ1n) is 9.38. The van der Waals surface area contributed by atoms with E-state index < -0.39 is 0 Å². The number of hydrogen-bond acceptors (Lipinski definition) is 3. The number of nitrogens with zero attached hydrogens (tertiary/aromatic N) is 1. The van der Waals surface area contributed by atoms with Gasteiger partial charge in [0.05, 0.1) is 12.9 Å². The van der Waals surface area contributed by atoms with Gasteiger partial charge in [-0.25, -0.2) is 0 Å². The van der Waals surface area contributed by atoms with Crippen LogP contribution < -0.4 is 10.5 Å². The van der Waals surface area contributed by atoms with Crippen LogP contribution in [-0.4, -0.2) is 37.0 Å². The summed E-state index contributed by atoms with van der Waals surface area (Å²) in [7, 11) is 1.77. The van der Waals surface area contributed by atoms with Crippen LogP contribution >= 0.6 is 0 Å². The average molecular weight is 327 g/mol. The number of nitrogens with one attached hydrogen (secondary N) is 1. The molecule has 2 bridgehead atoms. The molecule has 3 atom stereocenters. The van der Waals surface area contributed by atoms with Gasteiger partial charge in [-0.05, 0) is 61.4 Å². The van der Waals surface area contributed by atoms with E-state index in [1.807, 2.05) is 0 Å². The molecule has 130 valence electrons. The molecule has 2 fully saturated rings. The SMILES string of the molecule is COc1ccc2c(c1)[C@@]13CCCC[C@H]1[C@@H](C2)N(CCC(=N)N)CC3. The summed E-state index contributed by atoms with van der Waals surface area (Å²) >= 11 is 0. The van der Waals surface area contributed by atoms with Gasteiger partial charge < -0.3 is 10.5 Å². The maximum Gasteiger partial charge on any atom is 0.119 e. The minimum absolute atomic E-state index is 0.316. The second kappa shape index (κ2) is 6.07. The topological polar surface area (TPSA) is 62.3 Å². The Kier molecular flexibility index (Phi) is 4.03. The molecule has 0 unspecified atom stereocenters. The van der Waals surface area contributed by atoms with Crippen LogP contribution in [0.25, 0.3) is 0 Å². The Morgan fingerprint density at radius 2 is 2.25 bits per heavy atom. The number of fused-ring (bicyclic) bond motifs is 1. The summed E-state index contributed by atoms with van der Waals surface area (Å²) in [6, 6.07) is 7.37. The summed E-state index contributed by atoms with van der Waals surface area (Å²) in [5.74, 6) is 2.08. The quantitative estimate of drug-likeness (QED) is 0.660. The van der Waals surface area contributed by atoms with Crippen LogP contribution in [0.5, 0.6) is 5.75 Å².